The molecule has 1 aromatic heterocycles. The molecular weight excluding hydrogens is 286 g/mol. The minimum Gasteiger partial charge on any atom is -0.353 e. The van der Waals surface area contributed by atoms with E-state index in [1.807, 2.05) is 12.3 Å². The Morgan fingerprint density at radius 2 is 2.10 bits per heavy atom. The number of aryl methyl sites for hydroxylation is 1. The number of thiazole rings is 1. The lowest BCUT2D eigenvalue weighted by Crippen LogP contribution is -2.45. The Morgan fingerprint density at radius 3 is 2.67 bits per heavy atom. The van der Waals surface area contributed by atoms with E-state index in [0.29, 0.717) is 19.0 Å². The fourth-order valence-corrected chi connectivity index (χ4v) is 3.57. The van der Waals surface area contributed by atoms with Gasteiger partial charge >= 0.3 is 4.87 Å². The first-order valence-electron chi connectivity index (χ1n) is 7.76. The van der Waals surface area contributed by atoms with Crippen molar-refractivity contribution in [1.29, 1.82) is 0 Å². The summed E-state index contributed by atoms with van der Waals surface area (Å²) >= 11 is 1.19. The van der Waals surface area contributed by atoms with Crippen LogP contribution in [0.4, 0.5) is 0 Å². The minimum atomic E-state index is 0.0215. The lowest BCUT2D eigenvalue weighted by molar-refractivity contribution is -0.122. The fourth-order valence-electron chi connectivity index (χ4n) is 2.80. The summed E-state index contributed by atoms with van der Waals surface area (Å²) < 4.78 is 1.67. The largest absolute Gasteiger partial charge is 0.353 e. The van der Waals surface area contributed by atoms with Crippen molar-refractivity contribution in [2.75, 3.05) is 19.6 Å². The molecule has 0 saturated carbocycles. The van der Waals surface area contributed by atoms with Gasteiger partial charge in [0, 0.05) is 43.2 Å². The van der Waals surface area contributed by atoms with Crippen LogP contribution in [0.25, 0.3) is 0 Å². The molecule has 1 aliphatic heterocycles. The van der Waals surface area contributed by atoms with Crippen LogP contribution >= 0.6 is 11.3 Å². The van der Waals surface area contributed by atoms with E-state index in [-0.39, 0.29) is 10.8 Å². The maximum Gasteiger partial charge on any atom is 0.307 e. The number of carbonyl (C=O) groups is 1. The van der Waals surface area contributed by atoms with Crippen molar-refractivity contribution in [3.63, 3.8) is 0 Å². The Bertz CT molecular complexity index is 515. The minimum absolute atomic E-state index is 0.0215. The van der Waals surface area contributed by atoms with E-state index >= 15 is 0 Å². The monoisotopic (exact) mass is 311 g/mol. The quantitative estimate of drug-likeness (QED) is 0.868. The van der Waals surface area contributed by atoms with E-state index in [4.69, 9.17) is 0 Å². The summed E-state index contributed by atoms with van der Waals surface area (Å²) in [6, 6.07) is 0.297. The van der Waals surface area contributed by atoms with Crippen LogP contribution in [0.5, 0.6) is 0 Å². The Labute approximate surface area is 130 Å². The molecule has 6 heteroatoms. The first-order valence-corrected chi connectivity index (χ1v) is 8.64. The number of aromatic nitrogens is 1. The van der Waals surface area contributed by atoms with Gasteiger partial charge in [0.2, 0.25) is 5.91 Å². The van der Waals surface area contributed by atoms with Crippen molar-refractivity contribution >= 4 is 17.2 Å². The number of piperidine rings is 1. The molecule has 0 aromatic carbocycles. The second kappa shape index (κ2) is 7.75. The molecule has 1 aromatic rings. The summed E-state index contributed by atoms with van der Waals surface area (Å²) in [6.07, 6.45) is 3.63. The van der Waals surface area contributed by atoms with Crippen molar-refractivity contribution in [3.8, 4) is 0 Å². The third-order valence-corrected chi connectivity index (χ3v) is 4.91. The van der Waals surface area contributed by atoms with E-state index in [1.165, 1.54) is 17.8 Å². The van der Waals surface area contributed by atoms with E-state index in [0.717, 1.165) is 38.2 Å². The molecule has 1 saturated heterocycles. The maximum absolute atomic E-state index is 12.0. The molecule has 1 N–H and O–H groups in total. The Hall–Kier alpha value is -1.14. The Kier molecular flexibility index (Phi) is 5.99. The summed E-state index contributed by atoms with van der Waals surface area (Å²) in [4.78, 5) is 26.1. The normalized spacial score (nSPS) is 17.0. The predicted octanol–water partition coefficient (Wildman–Crippen LogP) is 1.60. The standard InChI is InChI=1S/C15H25N3O2S/c1-3-7-17-8-4-13(5-9-17)16-14(19)6-10-18-12(2)11-21-15(18)20/h11,13H,3-10H2,1-2H3,(H,16,19). The number of nitrogens with one attached hydrogen (secondary N) is 1. The number of rotatable bonds is 6. The van der Waals surface area contributed by atoms with E-state index in [9.17, 15) is 9.59 Å². The number of likely N-dealkylation sites (tertiary alicyclic amines) is 1. The number of carbonyl (C=O) groups excluding carboxylic acids is 1. The van der Waals surface area contributed by atoms with Crippen molar-refractivity contribution in [2.24, 2.45) is 0 Å². The second-order valence-corrected chi connectivity index (χ2v) is 6.55. The predicted molar refractivity (Wildman–Crippen MR) is 85.8 cm³/mol. The summed E-state index contributed by atoms with van der Waals surface area (Å²) in [5.41, 5.74) is 0.936. The zero-order valence-corrected chi connectivity index (χ0v) is 13.7. The summed E-state index contributed by atoms with van der Waals surface area (Å²) in [6.45, 7) is 7.88. The van der Waals surface area contributed by atoms with Gasteiger partial charge in [-0.25, -0.2) is 0 Å². The highest BCUT2D eigenvalue weighted by Gasteiger charge is 2.20. The molecule has 1 fully saturated rings. The van der Waals surface area contributed by atoms with Crippen molar-refractivity contribution in [2.45, 2.75) is 52.1 Å². The SMILES string of the molecule is CCCN1CCC(NC(=O)CCn2c(C)csc2=O)CC1. The topological polar surface area (TPSA) is 54.3 Å². The smallest absolute Gasteiger partial charge is 0.307 e. The van der Waals surface area contributed by atoms with Gasteiger partial charge in [0.25, 0.3) is 0 Å². The first kappa shape index (κ1) is 16.2. The molecule has 5 nitrogen and oxygen atoms in total. The van der Waals surface area contributed by atoms with E-state index in [2.05, 4.69) is 17.1 Å². The highest BCUT2D eigenvalue weighted by atomic mass is 32.1. The highest BCUT2D eigenvalue weighted by molar-refractivity contribution is 7.07. The second-order valence-electron chi connectivity index (χ2n) is 5.73. The Morgan fingerprint density at radius 1 is 1.38 bits per heavy atom. The van der Waals surface area contributed by atoms with Gasteiger partial charge < -0.3 is 14.8 Å². The number of amides is 1. The van der Waals surface area contributed by atoms with Gasteiger partial charge in [0.05, 0.1) is 0 Å². The molecule has 1 aliphatic rings. The Balaban J connectivity index is 1.72. The molecule has 0 atom stereocenters. The lowest BCUT2D eigenvalue weighted by atomic mass is 10.0. The summed E-state index contributed by atoms with van der Waals surface area (Å²) in [5, 5.41) is 4.94. The third kappa shape index (κ3) is 4.68. The van der Waals surface area contributed by atoms with Crippen LogP contribution in [0.3, 0.4) is 0 Å². The van der Waals surface area contributed by atoms with Gasteiger partial charge in [-0.2, -0.15) is 0 Å². The zero-order chi connectivity index (χ0) is 15.2. The van der Waals surface area contributed by atoms with Gasteiger partial charge in [-0.3, -0.25) is 9.59 Å². The fraction of sp³-hybridized carbons (Fsp3) is 0.733. The number of nitrogens with zero attached hydrogens (tertiary/aromatic N) is 2. The van der Waals surface area contributed by atoms with Crippen molar-refractivity contribution < 1.29 is 4.79 Å². The lowest BCUT2D eigenvalue weighted by Gasteiger charge is -2.32. The average molecular weight is 311 g/mol. The van der Waals surface area contributed by atoms with Crippen LogP contribution in [-0.4, -0.2) is 41.1 Å². The molecule has 118 valence electrons. The molecule has 21 heavy (non-hydrogen) atoms. The molecule has 0 spiro atoms. The average Bonchev–Trinajstić information content (AvgIpc) is 2.78. The third-order valence-electron chi connectivity index (χ3n) is 4.03. The van der Waals surface area contributed by atoms with Crippen LogP contribution in [-0.2, 0) is 11.3 Å². The number of hydrogen-bond donors (Lipinski definition) is 1. The van der Waals surface area contributed by atoms with Crippen LogP contribution in [0.2, 0.25) is 0 Å². The first-order chi connectivity index (χ1) is 10.1. The molecule has 2 rings (SSSR count). The highest BCUT2D eigenvalue weighted by Crippen LogP contribution is 2.11. The van der Waals surface area contributed by atoms with E-state index in [1.54, 1.807) is 4.57 Å². The van der Waals surface area contributed by atoms with Crippen molar-refractivity contribution in [1.82, 2.24) is 14.8 Å². The molecule has 2 heterocycles. The van der Waals surface area contributed by atoms with Crippen LogP contribution in [0.1, 0.15) is 38.3 Å². The van der Waals surface area contributed by atoms with Gasteiger partial charge in [-0.1, -0.05) is 18.3 Å². The molecule has 1 amide bonds. The summed E-state index contributed by atoms with van der Waals surface area (Å²) in [5.74, 6) is 0.0569. The molecular formula is C15H25N3O2S. The van der Waals surface area contributed by atoms with Crippen molar-refractivity contribution in [3.05, 3.63) is 20.7 Å². The zero-order valence-electron chi connectivity index (χ0n) is 12.9. The van der Waals surface area contributed by atoms with Gasteiger partial charge in [-0.15, -0.1) is 0 Å². The molecule has 0 aliphatic carbocycles. The van der Waals surface area contributed by atoms with E-state index < -0.39 is 0 Å². The summed E-state index contributed by atoms with van der Waals surface area (Å²) in [7, 11) is 0. The number of hydrogen-bond acceptors (Lipinski definition) is 4. The van der Waals surface area contributed by atoms with Crippen LogP contribution in [0, 0.1) is 6.92 Å². The molecule has 0 unspecified atom stereocenters. The van der Waals surface area contributed by atoms with Crippen LogP contribution in [0.15, 0.2) is 10.2 Å². The molecule has 0 bridgehead atoms. The molecule has 0 radical (unpaired) electrons. The van der Waals surface area contributed by atoms with Gasteiger partial charge in [-0.05, 0) is 32.7 Å². The van der Waals surface area contributed by atoms with Crippen LogP contribution < -0.4 is 10.2 Å². The van der Waals surface area contributed by atoms with Gasteiger partial charge in [0.1, 0.15) is 0 Å². The van der Waals surface area contributed by atoms with Gasteiger partial charge in [0.15, 0.2) is 0 Å². The maximum atomic E-state index is 12.0.